The van der Waals surface area contributed by atoms with Gasteiger partial charge in [0.25, 0.3) is 0 Å². The Balaban J connectivity index is 2.45. The molecule has 0 fully saturated rings. The molecule has 0 spiro atoms. The summed E-state index contributed by atoms with van der Waals surface area (Å²) in [7, 11) is 0. The summed E-state index contributed by atoms with van der Waals surface area (Å²) >= 11 is 0. The fourth-order valence-corrected chi connectivity index (χ4v) is 1.75. The molecule has 3 N–H and O–H groups in total. The molecule has 0 aliphatic rings. The third-order valence-corrected chi connectivity index (χ3v) is 2.75. The van der Waals surface area contributed by atoms with Crippen LogP contribution in [0.5, 0.6) is 5.75 Å². The van der Waals surface area contributed by atoms with Crippen molar-refractivity contribution in [1.82, 2.24) is 0 Å². The van der Waals surface area contributed by atoms with Crippen LogP contribution in [0, 0.1) is 12.3 Å². The largest absolute Gasteiger partial charge is 0.494 e. The van der Waals surface area contributed by atoms with Crippen LogP contribution in [0.2, 0.25) is 0 Å². The molecule has 0 bridgehead atoms. The van der Waals surface area contributed by atoms with Crippen LogP contribution in [-0.2, 0) is 0 Å². The van der Waals surface area contributed by atoms with Gasteiger partial charge in [-0.25, -0.2) is 0 Å². The maximum absolute atomic E-state index is 7.40. The van der Waals surface area contributed by atoms with Crippen LogP contribution in [0.1, 0.15) is 43.7 Å². The lowest BCUT2D eigenvalue weighted by molar-refractivity contribution is 0.305. The molecular weight excluding hydrogens is 212 g/mol. The van der Waals surface area contributed by atoms with Gasteiger partial charge < -0.3 is 10.5 Å². The molecule has 17 heavy (non-hydrogen) atoms. The molecule has 0 heterocycles. The topological polar surface area (TPSA) is 59.1 Å². The second kappa shape index (κ2) is 6.94. The summed E-state index contributed by atoms with van der Waals surface area (Å²) in [5.41, 5.74) is 7.23. The lowest BCUT2D eigenvalue weighted by Crippen LogP contribution is -2.12. The zero-order valence-electron chi connectivity index (χ0n) is 10.8. The minimum absolute atomic E-state index is 0.108. The van der Waals surface area contributed by atoms with Gasteiger partial charge in [0, 0.05) is 5.56 Å². The average molecular weight is 234 g/mol. The number of nitrogen functional groups attached to an aromatic ring is 1. The number of amidine groups is 1. The van der Waals surface area contributed by atoms with Crippen molar-refractivity contribution in [3.8, 4) is 5.75 Å². The summed E-state index contributed by atoms with van der Waals surface area (Å²) < 4.78 is 5.66. The summed E-state index contributed by atoms with van der Waals surface area (Å²) in [5.74, 6) is 0.973. The van der Waals surface area contributed by atoms with Crippen LogP contribution in [0.4, 0.5) is 0 Å². The minimum Gasteiger partial charge on any atom is -0.494 e. The number of aryl methyl sites for hydroxylation is 1. The Bertz CT molecular complexity index is 374. The second-order valence-electron chi connectivity index (χ2n) is 4.30. The van der Waals surface area contributed by atoms with Gasteiger partial charge in [0.05, 0.1) is 6.61 Å². The zero-order chi connectivity index (χ0) is 12.7. The van der Waals surface area contributed by atoms with Crippen LogP contribution >= 0.6 is 0 Å². The Hall–Kier alpha value is -1.51. The monoisotopic (exact) mass is 234 g/mol. The number of benzene rings is 1. The Kier molecular flexibility index (Phi) is 5.53. The highest BCUT2D eigenvalue weighted by Crippen LogP contribution is 2.17. The van der Waals surface area contributed by atoms with Crippen LogP contribution in [0.25, 0.3) is 0 Å². The molecule has 0 radical (unpaired) electrons. The molecule has 1 aromatic carbocycles. The van der Waals surface area contributed by atoms with Crippen molar-refractivity contribution < 1.29 is 4.74 Å². The highest BCUT2D eigenvalue weighted by molar-refractivity contribution is 5.96. The van der Waals surface area contributed by atoms with E-state index in [1.807, 2.05) is 25.1 Å². The molecule has 0 amide bonds. The highest BCUT2D eigenvalue weighted by atomic mass is 16.5. The molecule has 3 heteroatoms. The quantitative estimate of drug-likeness (QED) is 0.432. The molecule has 0 aliphatic heterocycles. The molecule has 94 valence electrons. The number of rotatable bonds is 7. The standard InChI is InChI=1S/C14H22N2O/c1-3-4-5-6-9-17-12-7-8-13(14(15)16)11(2)10-12/h7-8,10H,3-6,9H2,1-2H3,(H3,15,16). The van der Waals surface area contributed by atoms with E-state index in [9.17, 15) is 0 Å². The Morgan fingerprint density at radius 3 is 2.65 bits per heavy atom. The maximum atomic E-state index is 7.40. The van der Waals surface area contributed by atoms with Gasteiger partial charge in [-0.3, -0.25) is 5.41 Å². The minimum atomic E-state index is 0.108. The zero-order valence-corrected chi connectivity index (χ0v) is 10.8. The maximum Gasteiger partial charge on any atom is 0.123 e. The van der Waals surface area contributed by atoms with E-state index in [4.69, 9.17) is 15.9 Å². The first kappa shape index (κ1) is 13.6. The van der Waals surface area contributed by atoms with Gasteiger partial charge >= 0.3 is 0 Å². The van der Waals surface area contributed by atoms with Gasteiger partial charge in [-0.15, -0.1) is 0 Å². The lowest BCUT2D eigenvalue weighted by atomic mass is 10.1. The molecule has 0 aliphatic carbocycles. The predicted octanol–water partition coefficient (Wildman–Crippen LogP) is 3.24. The Morgan fingerprint density at radius 1 is 1.29 bits per heavy atom. The van der Waals surface area contributed by atoms with Crippen molar-refractivity contribution in [3.05, 3.63) is 29.3 Å². The molecule has 3 nitrogen and oxygen atoms in total. The summed E-state index contributed by atoms with van der Waals surface area (Å²) in [6, 6.07) is 5.67. The Labute approximate surface area is 103 Å². The average Bonchev–Trinajstić information content (AvgIpc) is 2.28. The van der Waals surface area contributed by atoms with E-state index in [1.54, 1.807) is 0 Å². The van der Waals surface area contributed by atoms with Crippen molar-refractivity contribution in [2.75, 3.05) is 6.61 Å². The predicted molar refractivity (Wildman–Crippen MR) is 71.8 cm³/mol. The number of nitrogens with two attached hydrogens (primary N) is 1. The van der Waals surface area contributed by atoms with Crippen molar-refractivity contribution in [2.45, 2.75) is 39.5 Å². The number of hydrogen-bond donors (Lipinski definition) is 2. The van der Waals surface area contributed by atoms with E-state index < -0.39 is 0 Å². The smallest absolute Gasteiger partial charge is 0.123 e. The third kappa shape index (κ3) is 4.47. The van der Waals surface area contributed by atoms with Crippen molar-refractivity contribution in [2.24, 2.45) is 5.73 Å². The summed E-state index contributed by atoms with van der Waals surface area (Å²) in [6.07, 6.45) is 4.83. The fourth-order valence-electron chi connectivity index (χ4n) is 1.75. The van der Waals surface area contributed by atoms with E-state index >= 15 is 0 Å². The van der Waals surface area contributed by atoms with Gasteiger partial charge in [-0.2, -0.15) is 0 Å². The van der Waals surface area contributed by atoms with Crippen molar-refractivity contribution in [1.29, 1.82) is 5.41 Å². The van der Waals surface area contributed by atoms with E-state index in [1.165, 1.54) is 19.3 Å². The van der Waals surface area contributed by atoms with Crippen molar-refractivity contribution in [3.63, 3.8) is 0 Å². The summed E-state index contributed by atoms with van der Waals surface area (Å²) in [4.78, 5) is 0. The van der Waals surface area contributed by atoms with E-state index in [-0.39, 0.29) is 5.84 Å². The second-order valence-corrected chi connectivity index (χ2v) is 4.30. The summed E-state index contributed by atoms with van der Waals surface area (Å²) in [6.45, 7) is 4.91. The van der Waals surface area contributed by atoms with Gasteiger partial charge in [0.2, 0.25) is 0 Å². The van der Waals surface area contributed by atoms with E-state index in [2.05, 4.69) is 6.92 Å². The van der Waals surface area contributed by atoms with Crippen LogP contribution in [0.3, 0.4) is 0 Å². The number of unbranched alkanes of at least 4 members (excludes halogenated alkanes) is 3. The first-order valence-corrected chi connectivity index (χ1v) is 6.23. The molecule has 0 atom stereocenters. The van der Waals surface area contributed by atoms with E-state index in [0.717, 1.165) is 29.9 Å². The van der Waals surface area contributed by atoms with Crippen molar-refractivity contribution >= 4 is 5.84 Å². The van der Waals surface area contributed by atoms with Gasteiger partial charge in [-0.05, 0) is 37.1 Å². The molecular formula is C14H22N2O. The number of ether oxygens (including phenoxy) is 1. The first-order valence-electron chi connectivity index (χ1n) is 6.23. The van der Waals surface area contributed by atoms with Gasteiger partial charge in [0.1, 0.15) is 11.6 Å². The molecule has 0 aromatic heterocycles. The van der Waals surface area contributed by atoms with Gasteiger partial charge in [-0.1, -0.05) is 26.2 Å². The molecule has 1 aromatic rings. The third-order valence-electron chi connectivity index (χ3n) is 2.75. The van der Waals surface area contributed by atoms with Crippen LogP contribution in [-0.4, -0.2) is 12.4 Å². The summed E-state index contributed by atoms with van der Waals surface area (Å²) in [5, 5.41) is 7.40. The Morgan fingerprint density at radius 2 is 2.06 bits per heavy atom. The highest BCUT2D eigenvalue weighted by Gasteiger charge is 2.03. The molecule has 0 unspecified atom stereocenters. The molecule has 0 saturated carbocycles. The lowest BCUT2D eigenvalue weighted by Gasteiger charge is -2.09. The molecule has 0 saturated heterocycles. The van der Waals surface area contributed by atoms with Gasteiger partial charge in [0.15, 0.2) is 0 Å². The van der Waals surface area contributed by atoms with Crippen LogP contribution < -0.4 is 10.5 Å². The van der Waals surface area contributed by atoms with Crippen LogP contribution in [0.15, 0.2) is 18.2 Å². The number of hydrogen-bond acceptors (Lipinski definition) is 2. The normalized spacial score (nSPS) is 10.2. The van der Waals surface area contributed by atoms with E-state index in [0.29, 0.717) is 0 Å². The number of nitrogens with one attached hydrogen (secondary N) is 1. The molecule has 1 rings (SSSR count). The fraction of sp³-hybridized carbons (Fsp3) is 0.500. The SMILES string of the molecule is CCCCCCOc1ccc(C(=N)N)c(C)c1. The first-order chi connectivity index (χ1) is 8.15.